The third-order valence-corrected chi connectivity index (χ3v) is 4.79. The van der Waals surface area contributed by atoms with E-state index in [0.29, 0.717) is 13.0 Å². The number of carbonyl (C=O) groups is 2. The molecule has 2 heterocycles. The Morgan fingerprint density at radius 2 is 1.68 bits per heavy atom. The van der Waals surface area contributed by atoms with Crippen molar-refractivity contribution in [2.45, 2.75) is 26.2 Å². The standard InChI is InChI=1S/C16H30N4O2/c1-14(21)17-6-3-16(22)20-7-4-15(5-8-20)13-19-11-9-18(2)10-12-19/h15H,3-13H2,1-2H3,(H,17,21). The van der Waals surface area contributed by atoms with Gasteiger partial charge in [-0.2, -0.15) is 0 Å². The molecule has 0 aliphatic carbocycles. The highest BCUT2D eigenvalue weighted by atomic mass is 16.2. The van der Waals surface area contributed by atoms with Crippen LogP contribution < -0.4 is 5.32 Å². The molecule has 6 heteroatoms. The number of amides is 2. The summed E-state index contributed by atoms with van der Waals surface area (Å²) in [6.07, 6.45) is 2.64. The van der Waals surface area contributed by atoms with Crippen LogP contribution in [0.1, 0.15) is 26.2 Å². The van der Waals surface area contributed by atoms with Gasteiger partial charge in [-0.1, -0.05) is 0 Å². The van der Waals surface area contributed by atoms with Gasteiger partial charge in [0.05, 0.1) is 0 Å². The average Bonchev–Trinajstić information content (AvgIpc) is 2.50. The second-order valence-electron chi connectivity index (χ2n) is 6.66. The summed E-state index contributed by atoms with van der Waals surface area (Å²) in [6.45, 7) is 9.54. The lowest BCUT2D eigenvalue weighted by molar-refractivity contribution is -0.132. The Morgan fingerprint density at radius 3 is 2.27 bits per heavy atom. The van der Waals surface area contributed by atoms with Crippen molar-refractivity contribution in [1.29, 1.82) is 0 Å². The normalized spacial score (nSPS) is 21.8. The lowest BCUT2D eigenvalue weighted by Gasteiger charge is -2.38. The van der Waals surface area contributed by atoms with E-state index in [1.54, 1.807) is 0 Å². The Bertz CT molecular complexity index is 372. The Labute approximate surface area is 133 Å². The van der Waals surface area contributed by atoms with E-state index in [9.17, 15) is 9.59 Å². The third-order valence-electron chi connectivity index (χ3n) is 4.79. The van der Waals surface area contributed by atoms with Crippen molar-refractivity contribution < 1.29 is 9.59 Å². The molecule has 0 saturated carbocycles. The van der Waals surface area contributed by atoms with Crippen LogP contribution in [0.15, 0.2) is 0 Å². The predicted molar refractivity (Wildman–Crippen MR) is 86.5 cm³/mol. The van der Waals surface area contributed by atoms with Crippen molar-refractivity contribution in [3.63, 3.8) is 0 Å². The summed E-state index contributed by atoms with van der Waals surface area (Å²) >= 11 is 0. The van der Waals surface area contributed by atoms with Gasteiger partial charge in [0.2, 0.25) is 11.8 Å². The van der Waals surface area contributed by atoms with Crippen molar-refractivity contribution >= 4 is 11.8 Å². The molecule has 0 aromatic rings. The smallest absolute Gasteiger partial charge is 0.224 e. The molecule has 6 nitrogen and oxygen atoms in total. The molecule has 2 aliphatic heterocycles. The third kappa shape index (κ3) is 5.57. The number of nitrogens with one attached hydrogen (secondary N) is 1. The molecule has 0 atom stereocenters. The highest BCUT2D eigenvalue weighted by Gasteiger charge is 2.25. The largest absolute Gasteiger partial charge is 0.356 e. The van der Waals surface area contributed by atoms with Crippen LogP contribution in [0.3, 0.4) is 0 Å². The number of hydrogen-bond donors (Lipinski definition) is 1. The van der Waals surface area contributed by atoms with Crippen LogP contribution in [0.5, 0.6) is 0 Å². The maximum Gasteiger partial charge on any atom is 0.224 e. The Kier molecular flexibility index (Phi) is 6.64. The molecule has 126 valence electrons. The summed E-state index contributed by atoms with van der Waals surface area (Å²) < 4.78 is 0. The maximum atomic E-state index is 12.1. The minimum atomic E-state index is -0.0707. The van der Waals surface area contributed by atoms with Crippen LogP contribution >= 0.6 is 0 Å². The summed E-state index contributed by atoms with van der Waals surface area (Å²) in [6, 6.07) is 0. The van der Waals surface area contributed by atoms with E-state index in [1.165, 1.54) is 39.6 Å². The van der Waals surface area contributed by atoms with Crippen LogP contribution in [0, 0.1) is 5.92 Å². The first-order valence-electron chi connectivity index (χ1n) is 8.47. The molecule has 22 heavy (non-hydrogen) atoms. The molecule has 2 fully saturated rings. The summed E-state index contributed by atoms with van der Waals surface area (Å²) in [7, 11) is 2.18. The molecule has 0 spiro atoms. The van der Waals surface area contributed by atoms with Crippen LogP contribution in [-0.2, 0) is 9.59 Å². The molecule has 0 radical (unpaired) electrons. The number of likely N-dealkylation sites (N-methyl/N-ethyl adjacent to an activating group) is 1. The second-order valence-corrected chi connectivity index (χ2v) is 6.66. The molecule has 0 aromatic carbocycles. The lowest BCUT2D eigenvalue weighted by Crippen LogP contribution is -2.48. The van der Waals surface area contributed by atoms with Crippen molar-refractivity contribution in [1.82, 2.24) is 20.0 Å². The number of piperidine rings is 1. The van der Waals surface area contributed by atoms with Gasteiger partial charge in [0.25, 0.3) is 0 Å². The summed E-state index contributed by atoms with van der Waals surface area (Å²) in [5.74, 6) is 0.827. The number of hydrogen-bond acceptors (Lipinski definition) is 4. The van der Waals surface area contributed by atoms with Gasteiger partial charge in [0.1, 0.15) is 0 Å². The molecule has 2 amide bonds. The van der Waals surface area contributed by atoms with Gasteiger partial charge < -0.3 is 20.0 Å². The van der Waals surface area contributed by atoms with Crippen molar-refractivity contribution in [3.8, 4) is 0 Å². The molecular weight excluding hydrogens is 280 g/mol. The SMILES string of the molecule is CC(=O)NCCC(=O)N1CCC(CN2CCN(C)CC2)CC1. The molecular formula is C16H30N4O2. The van der Waals surface area contributed by atoms with Crippen LogP contribution in [-0.4, -0.2) is 85.9 Å². The average molecular weight is 310 g/mol. The zero-order chi connectivity index (χ0) is 15.9. The first-order chi connectivity index (χ1) is 10.5. The van der Waals surface area contributed by atoms with Gasteiger partial charge in [0, 0.05) is 65.7 Å². The monoisotopic (exact) mass is 310 g/mol. The molecule has 0 unspecified atom stereocenters. The topological polar surface area (TPSA) is 55.9 Å². The Hall–Kier alpha value is -1.14. The van der Waals surface area contributed by atoms with Gasteiger partial charge in [0.15, 0.2) is 0 Å². The molecule has 0 aromatic heterocycles. The summed E-state index contributed by atoms with van der Waals surface area (Å²) in [5.41, 5.74) is 0. The highest BCUT2D eigenvalue weighted by Crippen LogP contribution is 2.19. The second kappa shape index (κ2) is 8.48. The van der Waals surface area contributed by atoms with E-state index in [4.69, 9.17) is 0 Å². The number of rotatable bonds is 5. The van der Waals surface area contributed by atoms with Crippen molar-refractivity contribution in [2.24, 2.45) is 5.92 Å². The van der Waals surface area contributed by atoms with Crippen LogP contribution in [0.2, 0.25) is 0 Å². The van der Waals surface area contributed by atoms with E-state index in [2.05, 4.69) is 22.2 Å². The zero-order valence-corrected chi connectivity index (χ0v) is 14.0. The fourth-order valence-corrected chi connectivity index (χ4v) is 3.26. The quantitative estimate of drug-likeness (QED) is 0.776. The van der Waals surface area contributed by atoms with Gasteiger partial charge in [-0.25, -0.2) is 0 Å². The van der Waals surface area contributed by atoms with E-state index < -0.39 is 0 Å². The minimum Gasteiger partial charge on any atom is -0.356 e. The summed E-state index contributed by atoms with van der Waals surface area (Å²) in [5, 5.41) is 2.68. The van der Waals surface area contributed by atoms with E-state index in [1.807, 2.05) is 4.90 Å². The number of likely N-dealkylation sites (tertiary alicyclic amines) is 1. The van der Waals surface area contributed by atoms with Gasteiger partial charge in [-0.15, -0.1) is 0 Å². The minimum absolute atomic E-state index is 0.0707. The first kappa shape index (κ1) is 17.2. The van der Waals surface area contributed by atoms with Gasteiger partial charge >= 0.3 is 0 Å². The van der Waals surface area contributed by atoms with E-state index in [0.717, 1.165) is 31.8 Å². The van der Waals surface area contributed by atoms with Gasteiger partial charge in [-0.3, -0.25) is 9.59 Å². The summed E-state index contributed by atoms with van der Waals surface area (Å²) in [4.78, 5) is 29.8. The Balaban J connectivity index is 1.62. The molecule has 2 aliphatic rings. The lowest BCUT2D eigenvalue weighted by atomic mass is 9.95. The van der Waals surface area contributed by atoms with E-state index in [-0.39, 0.29) is 11.8 Å². The number of piperazine rings is 1. The van der Waals surface area contributed by atoms with Crippen molar-refractivity contribution in [2.75, 3.05) is 59.4 Å². The van der Waals surface area contributed by atoms with Crippen molar-refractivity contribution in [3.05, 3.63) is 0 Å². The van der Waals surface area contributed by atoms with Gasteiger partial charge in [-0.05, 0) is 25.8 Å². The number of carbonyl (C=O) groups excluding carboxylic acids is 2. The predicted octanol–water partition coefficient (Wildman–Crippen LogP) is -0.00140. The molecule has 2 saturated heterocycles. The maximum absolute atomic E-state index is 12.1. The van der Waals surface area contributed by atoms with Crippen LogP contribution in [0.4, 0.5) is 0 Å². The first-order valence-corrected chi connectivity index (χ1v) is 8.47. The Morgan fingerprint density at radius 1 is 1.05 bits per heavy atom. The van der Waals surface area contributed by atoms with Crippen LogP contribution in [0.25, 0.3) is 0 Å². The highest BCUT2D eigenvalue weighted by molar-refractivity contribution is 5.78. The molecule has 1 N–H and O–H groups in total. The zero-order valence-electron chi connectivity index (χ0n) is 14.0. The molecule has 2 rings (SSSR count). The fourth-order valence-electron chi connectivity index (χ4n) is 3.26. The fraction of sp³-hybridized carbons (Fsp3) is 0.875. The van der Waals surface area contributed by atoms with E-state index >= 15 is 0 Å². The number of nitrogens with zero attached hydrogens (tertiary/aromatic N) is 3. The molecule has 0 bridgehead atoms.